The highest BCUT2D eigenvalue weighted by molar-refractivity contribution is 5.66. The number of phenolic OH excluding ortho intramolecular Hbond substituents is 1. The van der Waals surface area contributed by atoms with Crippen LogP contribution in [0.4, 0.5) is 5.69 Å². The van der Waals surface area contributed by atoms with Crippen molar-refractivity contribution < 1.29 is 5.11 Å². The summed E-state index contributed by atoms with van der Waals surface area (Å²) in [5, 5.41) is 9.33. The second-order valence-corrected chi connectivity index (χ2v) is 5.08. The standard InChI is InChI=1S/C18H23NO/c1-3-13-19(14-4-2)17-9-5-15(6-10-17)16-7-11-18(20)12-8-16/h5-12,20H,3-4,13-14H2,1-2H3. The molecule has 0 radical (unpaired) electrons. The molecule has 0 spiro atoms. The van der Waals surface area contributed by atoms with E-state index in [2.05, 4.69) is 43.0 Å². The van der Waals surface area contributed by atoms with E-state index >= 15 is 0 Å². The van der Waals surface area contributed by atoms with Crippen LogP contribution in [0.25, 0.3) is 11.1 Å². The minimum absolute atomic E-state index is 0.308. The van der Waals surface area contributed by atoms with E-state index in [-0.39, 0.29) is 0 Å². The van der Waals surface area contributed by atoms with Crippen molar-refractivity contribution in [2.75, 3.05) is 18.0 Å². The molecule has 0 aromatic heterocycles. The van der Waals surface area contributed by atoms with Crippen LogP contribution >= 0.6 is 0 Å². The van der Waals surface area contributed by atoms with Gasteiger partial charge in [0.25, 0.3) is 0 Å². The molecule has 0 bridgehead atoms. The number of aromatic hydroxyl groups is 1. The Labute approximate surface area is 121 Å². The normalized spacial score (nSPS) is 10.5. The fourth-order valence-electron chi connectivity index (χ4n) is 2.43. The average molecular weight is 269 g/mol. The summed E-state index contributed by atoms with van der Waals surface area (Å²) in [4.78, 5) is 2.43. The second kappa shape index (κ2) is 6.99. The Morgan fingerprint density at radius 3 is 1.65 bits per heavy atom. The molecular weight excluding hydrogens is 246 g/mol. The monoisotopic (exact) mass is 269 g/mol. The van der Waals surface area contributed by atoms with Gasteiger partial charge in [0.2, 0.25) is 0 Å². The Hall–Kier alpha value is -1.96. The Morgan fingerprint density at radius 2 is 1.20 bits per heavy atom. The number of anilines is 1. The van der Waals surface area contributed by atoms with E-state index < -0.39 is 0 Å². The van der Waals surface area contributed by atoms with E-state index in [1.807, 2.05) is 12.1 Å². The van der Waals surface area contributed by atoms with E-state index in [1.165, 1.54) is 24.1 Å². The first-order valence-electron chi connectivity index (χ1n) is 7.39. The fraction of sp³-hybridized carbons (Fsp3) is 0.333. The van der Waals surface area contributed by atoms with Gasteiger partial charge in [-0.25, -0.2) is 0 Å². The van der Waals surface area contributed by atoms with Gasteiger partial charge in [0.05, 0.1) is 0 Å². The highest BCUT2D eigenvalue weighted by Crippen LogP contribution is 2.25. The Morgan fingerprint density at radius 1 is 0.750 bits per heavy atom. The summed E-state index contributed by atoms with van der Waals surface area (Å²) in [5.74, 6) is 0.308. The SMILES string of the molecule is CCCN(CCC)c1ccc(-c2ccc(O)cc2)cc1. The molecule has 0 saturated heterocycles. The quantitative estimate of drug-likeness (QED) is 0.822. The molecular formula is C18H23NO. The van der Waals surface area contributed by atoms with Crippen molar-refractivity contribution >= 4 is 5.69 Å². The van der Waals surface area contributed by atoms with Crippen molar-refractivity contribution in [3.63, 3.8) is 0 Å². The summed E-state index contributed by atoms with van der Waals surface area (Å²) in [6.07, 6.45) is 2.33. The molecule has 2 aromatic carbocycles. The maximum Gasteiger partial charge on any atom is 0.115 e. The van der Waals surface area contributed by atoms with E-state index in [9.17, 15) is 5.11 Å². The summed E-state index contributed by atoms with van der Waals surface area (Å²) in [5.41, 5.74) is 3.60. The van der Waals surface area contributed by atoms with E-state index in [0.717, 1.165) is 18.7 Å². The molecule has 0 unspecified atom stereocenters. The van der Waals surface area contributed by atoms with Crippen LogP contribution in [0.3, 0.4) is 0 Å². The lowest BCUT2D eigenvalue weighted by Gasteiger charge is -2.24. The van der Waals surface area contributed by atoms with Crippen molar-refractivity contribution in [2.45, 2.75) is 26.7 Å². The van der Waals surface area contributed by atoms with Crippen molar-refractivity contribution in [2.24, 2.45) is 0 Å². The van der Waals surface area contributed by atoms with Crippen LogP contribution in [0.15, 0.2) is 48.5 Å². The number of rotatable bonds is 6. The minimum Gasteiger partial charge on any atom is -0.508 e. The van der Waals surface area contributed by atoms with Crippen molar-refractivity contribution in [3.8, 4) is 16.9 Å². The third-order valence-electron chi connectivity index (χ3n) is 3.42. The lowest BCUT2D eigenvalue weighted by molar-refractivity contribution is 0.475. The third kappa shape index (κ3) is 3.53. The first-order valence-corrected chi connectivity index (χ1v) is 7.39. The van der Waals surface area contributed by atoms with E-state index in [1.54, 1.807) is 12.1 Å². The zero-order valence-electron chi connectivity index (χ0n) is 12.3. The molecule has 2 rings (SSSR count). The fourth-order valence-corrected chi connectivity index (χ4v) is 2.43. The lowest BCUT2D eigenvalue weighted by atomic mass is 10.0. The Bertz CT molecular complexity index is 510. The molecule has 0 aliphatic heterocycles. The molecule has 0 aliphatic carbocycles. The van der Waals surface area contributed by atoms with Crippen molar-refractivity contribution in [1.82, 2.24) is 0 Å². The van der Waals surface area contributed by atoms with Gasteiger partial charge in [-0.05, 0) is 48.2 Å². The van der Waals surface area contributed by atoms with Gasteiger partial charge in [-0.3, -0.25) is 0 Å². The second-order valence-electron chi connectivity index (χ2n) is 5.08. The minimum atomic E-state index is 0.308. The number of hydrogen-bond donors (Lipinski definition) is 1. The van der Waals surface area contributed by atoms with Crippen molar-refractivity contribution in [3.05, 3.63) is 48.5 Å². The first-order chi connectivity index (χ1) is 9.74. The summed E-state index contributed by atoms with van der Waals surface area (Å²) in [7, 11) is 0. The summed E-state index contributed by atoms with van der Waals surface area (Å²) in [6.45, 7) is 6.64. The molecule has 20 heavy (non-hydrogen) atoms. The Kier molecular flexibility index (Phi) is 5.05. The third-order valence-corrected chi connectivity index (χ3v) is 3.42. The molecule has 0 saturated carbocycles. The molecule has 1 N–H and O–H groups in total. The predicted octanol–water partition coefficient (Wildman–Crippen LogP) is 4.69. The van der Waals surface area contributed by atoms with Crippen LogP contribution < -0.4 is 4.90 Å². The van der Waals surface area contributed by atoms with Crippen LogP contribution in [-0.4, -0.2) is 18.2 Å². The maximum absolute atomic E-state index is 9.33. The highest BCUT2D eigenvalue weighted by Gasteiger charge is 2.05. The zero-order valence-corrected chi connectivity index (χ0v) is 12.3. The van der Waals surface area contributed by atoms with Gasteiger partial charge >= 0.3 is 0 Å². The lowest BCUT2D eigenvalue weighted by Crippen LogP contribution is -2.24. The van der Waals surface area contributed by atoms with E-state index in [4.69, 9.17) is 0 Å². The van der Waals surface area contributed by atoms with Gasteiger partial charge in [0.15, 0.2) is 0 Å². The van der Waals surface area contributed by atoms with E-state index in [0.29, 0.717) is 5.75 Å². The van der Waals surface area contributed by atoms with Crippen LogP contribution in [0.5, 0.6) is 5.75 Å². The molecule has 0 fully saturated rings. The largest absolute Gasteiger partial charge is 0.508 e. The Balaban J connectivity index is 2.18. The van der Waals surface area contributed by atoms with Gasteiger partial charge in [-0.2, -0.15) is 0 Å². The highest BCUT2D eigenvalue weighted by atomic mass is 16.3. The molecule has 0 amide bonds. The molecule has 106 valence electrons. The van der Waals surface area contributed by atoms with Crippen molar-refractivity contribution in [1.29, 1.82) is 0 Å². The first kappa shape index (κ1) is 14.4. The van der Waals surface area contributed by atoms with Gasteiger partial charge in [-0.1, -0.05) is 38.1 Å². The smallest absolute Gasteiger partial charge is 0.115 e. The predicted molar refractivity (Wildman–Crippen MR) is 86.3 cm³/mol. The summed E-state index contributed by atoms with van der Waals surface area (Å²) >= 11 is 0. The number of hydrogen-bond acceptors (Lipinski definition) is 2. The molecule has 2 nitrogen and oxygen atoms in total. The van der Waals surface area contributed by atoms with Gasteiger partial charge in [0, 0.05) is 18.8 Å². The zero-order chi connectivity index (χ0) is 14.4. The van der Waals surface area contributed by atoms with Crippen LogP contribution in [-0.2, 0) is 0 Å². The van der Waals surface area contributed by atoms with Crippen LogP contribution in [0.1, 0.15) is 26.7 Å². The number of benzene rings is 2. The average Bonchev–Trinajstić information content (AvgIpc) is 2.48. The molecule has 2 aromatic rings. The molecule has 0 aliphatic rings. The van der Waals surface area contributed by atoms with Crippen LogP contribution in [0, 0.1) is 0 Å². The summed E-state index contributed by atoms with van der Waals surface area (Å²) in [6, 6.07) is 16.0. The topological polar surface area (TPSA) is 23.5 Å². The van der Waals surface area contributed by atoms with Gasteiger partial charge in [-0.15, -0.1) is 0 Å². The van der Waals surface area contributed by atoms with Crippen LogP contribution in [0.2, 0.25) is 0 Å². The number of phenols is 1. The van der Waals surface area contributed by atoms with Gasteiger partial charge < -0.3 is 10.0 Å². The molecule has 2 heteroatoms. The maximum atomic E-state index is 9.33. The number of nitrogens with zero attached hydrogens (tertiary/aromatic N) is 1. The molecule has 0 heterocycles. The van der Waals surface area contributed by atoms with Gasteiger partial charge in [0.1, 0.15) is 5.75 Å². The molecule has 0 atom stereocenters. The summed E-state index contributed by atoms with van der Waals surface area (Å²) < 4.78 is 0.